The number of nitro groups is 2. The number of phenolic OH excluding ortho intramolecular Hbond substituents is 2. The van der Waals surface area contributed by atoms with E-state index in [1.54, 1.807) is 18.2 Å². The number of nitrogens with zero attached hydrogens (tertiary/aromatic N) is 2. The van der Waals surface area contributed by atoms with Crippen molar-refractivity contribution in [3.05, 3.63) is 173 Å². The zero-order valence-electron chi connectivity index (χ0n) is 28.0. The molecule has 0 aromatic heterocycles. The summed E-state index contributed by atoms with van der Waals surface area (Å²) in [5.41, 5.74) is 0.759. The van der Waals surface area contributed by atoms with Crippen LogP contribution in [0.1, 0.15) is 11.1 Å². The largest absolute Gasteiger partial charge is 0.503 e. The minimum Gasteiger partial charge on any atom is -0.503 e. The molecule has 17 heteroatoms. The van der Waals surface area contributed by atoms with Crippen LogP contribution in [0.2, 0.25) is 15.1 Å². The molecule has 0 fully saturated rings. The summed E-state index contributed by atoms with van der Waals surface area (Å²) >= 11 is 21.0. The number of hydrogen-bond donors (Lipinski definition) is 4. The maximum atomic E-state index is 13.7. The van der Waals surface area contributed by atoms with E-state index < -0.39 is 44.4 Å². The maximum absolute atomic E-state index is 13.7. The molecule has 4 N–H and O–H groups in total. The first-order valence-corrected chi connectivity index (χ1v) is 18.6. The first kappa shape index (κ1) is 40.9. The molecule has 0 saturated heterocycles. The van der Waals surface area contributed by atoms with E-state index in [0.29, 0.717) is 27.2 Å². The molecule has 0 aliphatic carbocycles. The highest BCUT2D eigenvalue weighted by atomic mass is 35.5. The molecule has 0 spiro atoms. The minimum atomic E-state index is -1.06. The predicted octanol–water partition coefficient (Wildman–Crippen LogP) is 12.4. The molecule has 6 aromatic rings. The zero-order chi connectivity index (χ0) is 39.6. The molecule has 0 radical (unpaired) electrons. The number of non-ortho nitro benzene ring substituents is 2. The number of nitro benzene ring substituents is 2. The van der Waals surface area contributed by atoms with Crippen molar-refractivity contribution in [1.82, 2.24) is 0 Å². The molecule has 10 nitrogen and oxygen atoms in total. The van der Waals surface area contributed by atoms with E-state index in [1.807, 2.05) is 72.8 Å². The third kappa shape index (κ3) is 11.2. The van der Waals surface area contributed by atoms with Gasteiger partial charge < -0.3 is 20.8 Å². The van der Waals surface area contributed by atoms with Crippen LogP contribution >= 0.6 is 58.3 Å². The number of anilines is 2. The monoisotopic (exact) mass is 842 g/mol. The Kier molecular flexibility index (Phi) is 14.0. The van der Waals surface area contributed by atoms with Gasteiger partial charge in [0.05, 0.1) is 43.4 Å². The van der Waals surface area contributed by atoms with Crippen LogP contribution in [0, 0.1) is 31.9 Å². The summed E-state index contributed by atoms with van der Waals surface area (Å²) in [7, 11) is 0. The van der Waals surface area contributed by atoms with Crippen LogP contribution in [0.25, 0.3) is 0 Å². The fraction of sp³-hybridized carbons (Fsp3) is 0.0526. The quantitative estimate of drug-likeness (QED) is 0.0532. The molecule has 0 bridgehead atoms. The first-order chi connectivity index (χ1) is 26.3. The van der Waals surface area contributed by atoms with E-state index in [2.05, 4.69) is 10.6 Å². The standard InChI is InChI=1S/C19H13Cl2FN2O3S.C19H14ClFN2O3S/c20-14-6-5-13(9-15(14)21)28-18-4-2-1-3-11(18)10-23-17-8-12(24(26)27)7-16(22)19(17)25;20-13-5-3-6-15(8-13)27-18-7-2-1-4-12(18)11-22-17-10-14(23(25)26)9-16(21)19(17)24/h1-9,23,25H,10H2;1-10,22,24H,11H2. The molecule has 0 atom stereocenters. The number of aromatic hydroxyl groups is 2. The highest BCUT2D eigenvalue weighted by molar-refractivity contribution is 7.99. The van der Waals surface area contributed by atoms with Crippen LogP contribution < -0.4 is 10.6 Å². The first-order valence-electron chi connectivity index (χ1n) is 15.8. The van der Waals surface area contributed by atoms with Gasteiger partial charge in [0.25, 0.3) is 11.4 Å². The second-order valence-electron chi connectivity index (χ2n) is 11.3. The van der Waals surface area contributed by atoms with Crippen LogP contribution in [0.3, 0.4) is 0 Å². The van der Waals surface area contributed by atoms with Crippen molar-refractivity contribution in [2.24, 2.45) is 0 Å². The normalized spacial score (nSPS) is 10.6. The SMILES string of the molecule is O=[N+]([O-])c1cc(F)c(O)c(NCc2ccccc2Sc2ccc(Cl)c(Cl)c2)c1.O=[N+]([O-])c1cc(F)c(O)c(NCc2ccccc2Sc2cccc(Cl)c2)c1. The fourth-order valence-corrected chi connectivity index (χ4v) is 7.46. The Balaban J connectivity index is 0.000000211. The number of hydrogen-bond acceptors (Lipinski definition) is 10. The minimum absolute atomic E-state index is 0.0377. The van der Waals surface area contributed by atoms with Gasteiger partial charge in [0.15, 0.2) is 23.1 Å². The second kappa shape index (κ2) is 18.9. The van der Waals surface area contributed by atoms with Gasteiger partial charge in [0, 0.05) is 49.8 Å². The number of nitrogens with one attached hydrogen (secondary N) is 2. The predicted molar refractivity (Wildman–Crippen MR) is 213 cm³/mol. The third-order valence-electron chi connectivity index (χ3n) is 7.54. The van der Waals surface area contributed by atoms with Crippen molar-refractivity contribution < 1.29 is 28.8 Å². The van der Waals surface area contributed by atoms with Crippen LogP contribution in [0.15, 0.2) is 135 Å². The Morgan fingerprint density at radius 1 is 0.582 bits per heavy atom. The Labute approximate surface area is 336 Å². The Morgan fingerprint density at radius 2 is 1.05 bits per heavy atom. The van der Waals surface area contributed by atoms with Crippen molar-refractivity contribution in [2.75, 3.05) is 10.6 Å². The van der Waals surface area contributed by atoms with Crippen LogP contribution in [-0.4, -0.2) is 20.1 Å². The van der Waals surface area contributed by atoms with Gasteiger partial charge >= 0.3 is 0 Å². The lowest BCUT2D eigenvalue weighted by Gasteiger charge is -2.13. The molecule has 0 aliphatic heterocycles. The van der Waals surface area contributed by atoms with Crippen molar-refractivity contribution in [1.29, 1.82) is 0 Å². The summed E-state index contributed by atoms with van der Waals surface area (Å²) in [4.78, 5) is 24.0. The van der Waals surface area contributed by atoms with Gasteiger partial charge in [0.2, 0.25) is 0 Å². The van der Waals surface area contributed by atoms with E-state index in [0.717, 1.165) is 42.8 Å². The van der Waals surface area contributed by atoms with Gasteiger partial charge in [-0.3, -0.25) is 20.2 Å². The lowest BCUT2D eigenvalue weighted by molar-refractivity contribution is -0.385. The summed E-state index contributed by atoms with van der Waals surface area (Å²) in [6, 6.07) is 31.3. The van der Waals surface area contributed by atoms with Crippen molar-refractivity contribution in [3.8, 4) is 11.5 Å². The van der Waals surface area contributed by atoms with Crippen LogP contribution in [0.5, 0.6) is 11.5 Å². The lowest BCUT2D eigenvalue weighted by atomic mass is 10.2. The zero-order valence-corrected chi connectivity index (χ0v) is 31.9. The lowest BCUT2D eigenvalue weighted by Crippen LogP contribution is -2.03. The highest BCUT2D eigenvalue weighted by Crippen LogP contribution is 2.37. The van der Waals surface area contributed by atoms with Gasteiger partial charge in [0.1, 0.15) is 0 Å². The Morgan fingerprint density at radius 3 is 1.51 bits per heavy atom. The fourth-order valence-electron chi connectivity index (χ4n) is 4.85. The second-order valence-corrected chi connectivity index (χ2v) is 14.8. The molecule has 6 aromatic carbocycles. The van der Waals surface area contributed by atoms with Gasteiger partial charge in [-0.15, -0.1) is 0 Å². The Hall–Kier alpha value is -5.25. The topological polar surface area (TPSA) is 151 Å². The molecule has 0 amide bonds. The molecular weight excluding hydrogens is 817 g/mol. The molecule has 55 heavy (non-hydrogen) atoms. The van der Waals surface area contributed by atoms with E-state index >= 15 is 0 Å². The van der Waals surface area contributed by atoms with Crippen LogP contribution in [-0.2, 0) is 13.1 Å². The molecule has 0 heterocycles. The van der Waals surface area contributed by atoms with E-state index in [9.17, 15) is 39.2 Å². The summed E-state index contributed by atoms with van der Waals surface area (Å²) in [6.07, 6.45) is 0. The van der Waals surface area contributed by atoms with Gasteiger partial charge in [-0.1, -0.05) is 101 Å². The molecule has 0 unspecified atom stereocenters. The third-order valence-corrected chi connectivity index (χ3v) is 10.7. The number of rotatable bonds is 12. The molecular formula is C38H27Cl3F2N4O6S2. The molecule has 282 valence electrons. The van der Waals surface area contributed by atoms with Gasteiger partial charge in [-0.25, -0.2) is 8.78 Å². The van der Waals surface area contributed by atoms with Crippen molar-refractivity contribution in [3.63, 3.8) is 0 Å². The van der Waals surface area contributed by atoms with Gasteiger partial charge in [-0.2, -0.15) is 0 Å². The maximum Gasteiger partial charge on any atom is 0.274 e. The van der Waals surface area contributed by atoms with Crippen molar-refractivity contribution >= 4 is 81.1 Å². The highest BCUT2D eigenvalue weighted by Gasteiger charge is 2.18. The summed E-state index contributed by atoms with van der Waals surface area (Å²) in [6.45, 7) is 0.469. The Bertz CT molecular complexity index is 2380. The smallest absolute Gasteiger partial charge is 0.274 e. The van der Waals surface area contributed by atoms with Crippen LogP contribution in [0.4, 0.5) is 31.5 Å². The van der Waals surface area contributed by atoms with E-state index in [4.69, 9.17) is 34.8 Å². The number of phenols is 2. The summed E-state index contributed by atoms with van der Waals surface area (Å²) < 4.78 is 27.5. The molecule has 0 saturated carbocycles. The average Bonchev–Trinajstić information content (AvgIpc) is 3.15. The average molecular weight is 844 g/mol. The summed E-state index contributed by atoms with van der Waals surface area (Å²) in [5, 5.41) is 48.7. The van der Waals surface area contributed by atoms with Crippen molar-refractivity contribution in [2.45, 2.75) is 32.7 Å². The van der Waals surface area contributed by atoms with Gasteiger partial charge in [-0.05, 0) is 59.7 Å². The number of halogens is 5. The molecule has 0 aliphatic rings. The number of benzene rings is 6. The van der Waals surface area contributed by atoms with E-state index in [1.165, 1.54) is 23.5 Å². The molecule has 6 rings (SSSR count). The summed E-state index contributed by atoms with van der Waals surface area (Å²) in [5.74, 6) is -3.43. The van der Waals surface area contributed by atoms with E-state index in [-0.39, 0.29) is 24.5 Å².